The van der Waals surface area contributed by atoms with E-state index in [1.165, 1.54) is 5.56 Å². The summed E-state index contributed by atoms with van der Waals surface area (Å²) in [5.74, 6) is 1.54. The van der Waals surface area contributed by atoms with Gasteiger partial charge in [0.2, 0.25) is 0 Å². The van der Waals surface area contributed by atoms with E-state index in [1.54, 1.807) is 17.3 Å². The van der Waals surface area contributed by atoms with Crippen LogP contribution < -0.4 is 5.32 Å². The molecule has 0 radical (unpaired) electrons. The largest absolute Gasteiger partial charge is 0.464 e. The Balaban J connectivity index is 1.32. The van der Waals surface area contributed by atoms with Crippen LogP contribution in [0.25, 0.3) is 27.9 Å². The van der Waals surface area contributed by atoms with Crippen LogP contribution in [0.4, 0.5) is 5.82 Å². The summed E-state index contributed by atoms with van der Waals surface area (Å²) in [4.78, 5) is 9.18. The highest BCUT2D eigenvalue weighted by Gasteiger charge is 2.09. The maximum Gasteiger partial charge on any atom is 0.143 e. The number of nitrogens with one attached hydrogen (secondary N) is 1. The second kappa shape index (κ2) is 7.98. The zero-order chi connectivity index (χ0) is 21.2. The van der Waals surface area contributed by atoms with E-state index in [4.69, 9.17) is 4.42 Å². The number of aromatic nitrogens is 6. The molecule has 3 heterocycles. The molecule has 0 fully saturated rings. The van der Waals surface area contributed by atoms with E-state index in [1.807, 2.05) is 44.2 Å². The summed E-state index contributed by atoms with van der Waals surface area (Å²) in [5.41, 5.74) is 6.05. The lowest BCUT2D eigenvalue weighted by Gasteiger charge is -2.10. The van der Waals surface area contributed by atoms with Crippen LogP contribution in [0.1, 0.15) is 17.0 Å². The summed E-state index contributed by atoms with van der Waals surface area (Å²) < 4.78 is 7.21. The van der Waals surface area contributed by atoms with Crippen LogP contribution in [0.2, 0.25) is 0 Å². The molecule has 0 bridgehead atoms. The number of tetrazole rings is 1. The van der Waals surface area contributed by atoms with Crippen LogP contribution in [0.5, 0.6) is 0 Å². The van der Waals surface area contributed by atoms with Gasteiger partial charge in [0.1, 0.15) is 23.6 Å². The Labute approximate surface area is 179 Å². The van der Waals surface area contributed by atoms with Gasteiger partial charge in [-0.2, -0.15) is 0 Å². The van der Waals surface area contributed by atoms with Gasteiger partial charge < -0.3 is 9.73 Å². The lowest BCUT2D eigenvalue weighted by Crippen LogP contribution is -2.08. The van der Waals surface area contributed by atoms with Crippen molar-refractivity contribution in [1.29, 1.82) is 0 Å². The molecule has 5 aromatic rings. The third-order valence-electron chi connectivity index (χ3n) is 5.14. The van der Waals surface area contributed by atoms with Crippen LogP contribution in [0.3, 0.4) is 0 Å². The minimum absolute atomic E-state index is 0.727. The number of benzene rings is 2. The summed E-state index contributed by atoms with van der Waals surface area (Å²) in [7, 11) is 0. The number of hydrogen-bond donors (Lipinski definition) is 1. The van der Waals surface area contributed by atoms with Crippen molar-refractivity contribution < 1.29 is 4.42 Å². The molecule has 8 nitrogen and oxygen atoms in total. The highest BCUT2D eigenvalue weighted by Crippen LogP contribution is 2.27. The molecule has 31 heavy (non-hydrogen) atoms. The molecule has 0 aliphatic rings. The molecule has 3 aromatic heterocycles. The van der Waals surface area contributed by atoms with E-state index in [0.717, 1.165) is 58.1 Å². The van der Waals surface area contributed by atoms with Crippen molar-refractivity contribution in [2.75, 3.05) is 11.9 Å². The summed E-state index contributed by atoms with van der Waals surface area (Å²) in [5, 5.41) is 15.9. The Hall–Kier alpha value is -4.07. The Morgan fingerprint density at radius 1 is 1.03 bits per heavy atom. The van der Waals surface area contributed by atoms with Crippen LogP contribution in [0, 0.1) is 13.8 Å². The molecule has 0 saturated heterocycles. The molecule has 154 valence electrons. The van der Waals surface area contributed by atoms with E-state index in [-0.39, 0.29) is 0 Å². The van der Waals surface area contributed by atoms with Gasteiger partial charge >= 0.3 is 0 Å². The molecule has 0 amide bonds. The molecule has 0 saturated carbocycles. The van der Waals surface area contributed by atoms with Gasteiger partial charge in [-0.05, 0) is 72.2 Å². The molecule has 0 spiro atoms. The Bertz CT molecular complexity index is 1340. The Morgan fingerprint density at radius 2 is 1.97 bits per heavy atom. The fourth-order valence-corrected chi connectivity index (χ4v) is 3.59. The van der Waals surface area contributed by atoms with Gasteiger partial charge in [0.25, 0.3) is 0 Å². The molecule has 0 aliphatic carbocycles. The molecule has 8 heteroatoms. The summed E-state index contributed by atoms with van der Waals surface area (Å²) in [6.45, 7) is 4.70. The first-order valence-electron chi connectivity index (χ1n) is 10.1. The SMILES string of the molecule is Cc1nc(NCCc2cccc(-n3cnnn3)c2)cc(-c2ccc3occ(C)c3c2)n1. The standard InChI is InChI=1S/C23H21N7O/c1-15-13-31-22-7-6-18(11-20(15)22)21-12-23(27-16(2)26-21)24-9-8-17-4-3-5-19(10-17)30-14-25-28-29-30/h3-7,10-14H,8-9H2,1-2H3,(H,24,26,27). The van der Waals surface area contributed by atoms with Gasteiger partial charge in [-0.1, -0.05) is 12.1 Å². The van der Waals surface area contributed by atoms with Gasteiger partial charge in [0.05, 0.1) is 17.6 Å². The van der Waals surface area contributed by atoms with Crippen molar-refractivity contribution in [3.05, 3.63) is 78.1 Å². The van der Waals surface area contributed by atoms with Gasteiger partial charge in [-0.15, -0.1) is 5.10 Å². The first kappa shape index (κ1) is 18.9. The number of nitrogens with zero attached hydrogens (tertiary/aromatic N) is 6. The van der Waals surface area contributed by atoms with Crippen LogP contribution in [-0.2, 0) is 6.42 Å². The van der Waals surface area contributed by atoms with Crippen molar-refractivity contribution in [2.45, 2.75) is 20.3 Å². The average Bonchev–Trinajstić information content (AvgIpc) is 3.44. The van der Waals surface area contributed by atoms with E-state index in [9.17, 15) is 0 Å². The molecule has 0 aliphatic heterocycles. The maximum absolute atomic E-state index is 5.56. The molecule has 1 N–H and O–H groups in total. The molecular formula is C23H21N7O. The quantitative estimate of drug-likeness (QED) is 0.449. The zero-order valence-corrected chi connectivity index (χ0v) is 17.3. The van der Waals surface area contributed by atoms with Crippen LogP contribution >= 0.6 is 0 Å². The fraction of sp³-hybridized carbons (Fsp3) is 0.174. The summed E-state index contributed by atoms with van der Waals surface area (Å²) in [6.07, 6.45) is 4.21. The Morgan fingerprint density at radius 3 is 2.84 bits per heavy atom. The number of furan rings is 1. The summed E-state index contributed by atoms with van der Waals surface area (Å²) in [6, 6.07) is 16.3. The van der Waals surface area contributed by atoms with E-state index in [2.05, 4.69) is 49.0 Å². The topological polar surface area (TPSA) is 94.6 Å². The highest BCUT2D eigenvalue weighted by molar-refractivity contribution is 5.85. The average molecular weight is 411 g/mol. The van der Waals surface area contributed by atoms with Crippen molar-refractivity contribution in [2.24, 2.45) is 0 Å². The smallest absolute Gasteiger partial charge is 0.143 e. The van der Waals surface area contributed by atoms with E-state index < -0.39 is 0 Å². The maximum atomic E-state index is 5.56. The molecule has 0 unspecified atom stereocenters. The summed E-state index contributed by atoms with van der Waals surface area (Å²) >= 11 is 0. The monoisotopic (exact) mass is 411 g/mol. The zero-order valence-electron chi connectivity index (χ0n) is 17.3. The second-order valence-electron chi connectivity index (χ2n) is 7.42. The molecule has 2 aromatic carbocycles. The van der Waals surface area contributed by atoms with Gasteiger partial charge in [0.15, 0.2) is 0 Å². The van der Waals surface area contributed by atoms with E-state index in [0.29, 0.717) is 0 Å². The lowest BCUT2D eigenvalue weighted by atomic mass is 10.1. The van der Waals surface area contributed by atoms with Gasteiger partial charge in [-0.25, -0.2) is 14.6 Å². The number of anilines is 1. The molecule has 0 atom stereocenters. The lowest BCUT2D eigenvalue weighted by molar-refractivity contribution is 0.613. The first-order valence-corrected chi connectivity index (χ1v) is 10.1. The van der Waals surface area contributed by atoms with E-state index >= 15 is 0 Å². The third-order valence-corrected chi connectivity index (χ3v) is 5.14. The Kier molecular flexibility index (Phi) is 4.87. The molecular weight excluding hydrogens is 390 g/mol. The highest BCUT2D eigenvalue weighted by atomic mass is 16.3. The van der Waals surface area contributed by atoms with Crippen molar-refractivity contribution in [1.82, 2.24) is 30.2 Å². The van der Waals surface area contributed by atoms with Crippen molar-refractivity contribution in [3.63, 3.8) is 0 Å². The predicted molar refractivity (Wildman–Crippen MR) is 118 cm³/mol. The number of aryl methyl sites for hydroxylation is 2. The minimum Gasteiger partial charge on any atom is -0.464 e. The normalized spacial score (nSPS) is 11.2. The first-order chi connectivity index (χ1) is 15.2. The fourth-order valence-electron chi connectivity index (χ4n) is 3.59. The molecule has 5 rings (SSSR count). The predicted octanol–water partition coefficient (Wildman–Crippen LogP) is 4.14. The second-order valence-corrected chi connectivity index (χ2v) is 7.42. The number of hydrogen-bond acceptors (Lipinski definition) is 7. The van der Waals surface area contributed by atoms with Crippen molar-refractivity contribution >= 4 is 16.8 Å². The van der Waals surface area contributed by atoms with Crippen molar-refractivity contribution in [3.8, 4) is 16.9 Å². The van der Waals surface area contributed by atoms with Crippen LogP contribution in [0.15, 0.2) is 65.5 Å². The number of fused-ring (bicyclic) bond motifs is 1. The third kappa shape index (κ3) is 4.00. The minimum atomic E-state index is 0.727. The van der Waals surface area contributed by atoms with Gasteiger partial charge in [-0.3, -0.25) is 0 Å². The van der Waals surface area contributed by atoms with Gasteiger partial charge in [0, 0.05) is 23.6 Å². The number of rotatable bonds is 6. The van der Waals surface area contributed by atoms with Crippen LogP contribution in [-0.4, -0.2) is 36.7 Å².